The lowest BCUT2D eigenvalue weighted by Gasteiger charge is -2.28. The van der Waals surface area contributed by atoms with Gasteiger partial charge in [-0.3, -0.25) is 8.10 Å². The van der Waals surface area contributed by atoms with Gasteiger partial charge in [0.1, 0.15) is 11.7 Å². The average molecular weight is 582 g/mol. The first kappa shape index (κ1) is 23.2. The molecule has 0 aliphatic carbocycles. The van der Waals surface area contributed by atoms with Crippen molar-refractivity contribution in [2.75, 3.05) is 14.6 Å². The summed E-state index contributed by atoms with van der Waals surface area (Å²) in [6, 6.07) is 4.73. The second kappa shape index (κ2) is 8.77. The van der Waals surface area contributed by atoms with Crippen molar-refractivity contribution >= 4 is 54.9 Å². The number of halogens is 6. The van der Waals surface area contributed by atoms with Crippen LogP contribution >= 0.6 is 32.1 Å². The van der Waals surface area contributed by atoms with Crippen LogP contribution in [-0.4, -0.2) is 38.7 Å². The second-order valence-electron chi connectivity index (χ2n) is 7.27. The number of anilines is 2. The fourth-order valence-electron chi connectivity index (χ4n) is 3.69. The highest BCUT2D eigenvalue weighted by molar-refractivity contribution is 14.1. The zero-order chi connectivity index (χ0) is 23.1. The summed E-state index contributed by atoms with van der Waals surface area (Å²) >= 11 is 1.90. The molecular formula is C19H17F5IN6P. The van der Waals surface area contributed by atoms with Crippen LogP contribution in [0.1, 0.15) is 24.1 Å². The summed E-state index contributed by atoms with van der Waals surface area (Å²) < 4.78 is 70.0. The van der Waals surface area contributed by atoms with Gasteiger partial charge in [0.2, 0.25) is 5.95 Å². The number of hydrogen-bond donors (Lipinski definition) is 0. The molecule has 1 fully saturated rings. The molecule has 0 bridgehead atoms. The van der Waals surface area contributed by atoms with Crippen LogP contribution in [0.15, 0.2) is 36.7 Å². The Balaban J connectivity index is 1.76. The lowest BCUT2D eigenvalue weighted by Crippen LogP contribution is -2.42. The van der Waals surface area contributed by atoms with Crippen LogP contribution in [0.5, 0.6) is 0 Å². The van der Waals surface area contributed by atoms with E-state index in [2.05, 4.69) is 19.9 Å². The van der Waals surface area contributed by atoms with E-state index in [1.807, 2.05) is 22.9 Å². The van der Waals surface area contributed by atoms with E-state index in [9.17, 15) is 22.0 Å². The number of rotatable bonds is 5. The highest BCUT2D eigenvalue weighted by Gasteiger charge is 2.47. The van der Waals surface area contributed by atoms with Crippen LogP contribution in [0.25, 0.3) is 11.0 Å². The molecule has 3 aromatic heterocycles. The van der Waals surface area contributed by atoms with Crippen LogP contribution < -0.4 is 8.01 Å². The summed E-state index contributed by atoms with van der Waals surface area (Å²) in [6.45, 7) is 0.159. The van der Waals surface area contributed by atoms with Crippen molar-refractivity contribution in [1.29, 1.82) is 0 Å². The molecule has 2 atom stereocenters. The molecule has 1 aliphatic heterocycles. The van der Waals surface area contributed by atoms with Gasteiger partial charge >= 0.3 is 11.8 Å². The van der Waals surface area contributed by atoms with Crippen LogP contribution in [0.4, 0.5) is 33.7 Å². The van der Waals surface area contributed by atoms with Crippen LogP contribution in [0.2, 0.25) is 0 Å². The second-order valence-corrected chi connectivity index (χ2v) is 9.16. The first-order chi connectivity index (χ1) is 15.1. The van der Waals surface area contributed by atoms with Crippen molar-refractivity contribution in [2.24, 2.45) is 0 Å². The predicted octanol–water partition coefficient (Wildman–Crippen LogP) is 5.23. The van der Waals surface area contributed by atoms with Crippen molar-refractivity contribution in [3.63, 3.8) is 0 Å². The number of aromatic nitrogens is 4. The number of pyridine rings is 2. The summed E-state index contributed by atoms with van der Waals surface area (Å²) in [6.07, 6.45) is -1.34. The van der Waals surface area contributed by atoms with Crippen molar-refractivity contribution in [2.45, 2.75) is 37.3 Å². The average Bonchev–Trinajstić information content (AvgIpc) is 3.23. The summed E-state index contributed by atoms with van der Waals surface area (Å²) in [4.78, 5) is 17.8. The molecule has 1 saturated heterocycles. The normalized spacial score (nSPS) is 17.2. The molecule has 0 radical (unpaired) electrons. The maximum Gasteiger partial charge on any atom is 0.408 e. The lowest BCUT2D eigenvalue weighted by atomic mass is 10.2. The Kier molecular flexibility index (Phi) is 6.36. The van der Waals surface area contributed by atoms with Gasteiger partial charge in [0, 0.05) is 24.5 Å². The first-order valence-corrected chi connectivity index (χ1v) is 11.1. The quantitative estimate of drug-likeness (QED) is 0.178. The summed E-state index contributed by atoms with van der Waals surface area (Å²) in [7, 11) is 1.47. The Labute approximate surface area is 196 Å². The molecular weight excluding hydrogens is 565 g/mol. The molecule has 1 aliphatic rings. The van der Waals surface area contributed by atoms with E-state index in [4.69, 9.17) is 0 Å². The Morgan fingerprint density at radius 2 is 1.81 bits per heavy atom. The minimum atomic E-state index is -4.42. The molecule has 2 unspecified atom stereocenters. The Morgan fingerprint density at radius 1 is 1.09 bits per heavy atom. The van der Waals surface area contributed by atoms with Gasteiger partial charge in [-0.2, -0.15) is 31.9 Å². The first-order valence-electron chi connectivity index (χ1n) is 9.56. The van der Waals surface area contributed by atoms with Gasteiger partial charge in [0.05, 0.1) is 34.8 Å². The number of alkyl halides is 5. The topological polar surface area (TPSA) is 58.0 Å². The predicted molar refractivity (Wildman–Crippen MR) is 122 cm³/mol. The van der Waals surface area contributed by atoms with Crippen molar-refractivity contribution in [3.05, 3.63) is 47.9 Å². The summed E-state index contributed by atoms with van der Waals surface area (Å²) in [5.41, 5.74) is -3.15. The molecule has 0 amide bonds. The van der Waals surface area contributed by atoms with E-state index in [0.29, 0.717) is 11.8 Å². The molecule has 0 spiro atoms. The third-order valence-electron chi connectivity index (χ3n) is 5.07. The van der Waals surface area contributed by atoms with Crippen molar-refractivity contribution < 1.29 is 22.0 Å². The van der Waals surface area contributed by atoms with Gasteiger partial charge in [-0.25, -0.2) is 4.98 Å². The van der Waals surface area contributed by atoms with E-state index in [1.165, 1.54) is 27.7 Å². The van der Waals surface area contributed by atoms with E-state index < -0.39 is 23.6 Å². The molecule has 13 heteroatoms. The molecule has 0 N–H and O–H groups in total. The van der Waals surface area contributed by atoms with E-state index in [0.717, 1.165) is 4.90 Å². The molecule has 4 heterocycles. The third kappa shape index (κ3) is 4.70. The van der Waals surface area contributed by atoms with E-state index >= 15 is 0 Å². The van der Waals surface area contributed by atoms with Gasteiger partial charge < -0.3 is 4.90 Å². The molecule has 3 aromatic rings. The van der Waals surface area contributed by atoms with E-state index in [-0.39, 0.29) is 42.5 Å². The highest BCUT2D eigenvalue weighted by Crippen LogP contribution is 2.39. The maximum absolute atomic E-state index is 14.0. The van der Waals surface area contributed by atoms with Crippen LogP contribution in [-0.2, 0) is 12.2 Å². The zero-order valence-electron chi connectivity index (χ0n) is 16.4. The van der Waals surface area contributed by atoms with Crippen LogP contribution in [0.3, 0.4) is 0 Å². The fraction of sp³-hybridized carbons (Fsp3) is 0.368. The minimum absolute atomic E-state index is 0.00310. The van der Waals surface area contributed by atoms with Gasteiger partial charge in [0.25, 0.3) is 0 Å². The van der Waals surface area contributed by atoms with E-state index in [1.54, 1.807) is 21.3 Å². The Bertz CT molecular complexity index is 1130. The molecule has 4 rings (SSSR count). The maximum atomic E-state index is 14.0. The SMILES string of the molecule is FC(F)(P)c1ncccc1CN(I)c1nc(N2CCCC2C(F)(F)F)nc2ncccc12. The summed E-state index contributed by atoms with van der Waals surface area (Å²) in [5, 5.41) is 0.497. The van der Waals surface area contributed by atoms with Gasteiger partial charge in [-0.15, -0.1) is 0 Å². The summed E-state index contributed by atoms with van der Waals surface area (Å²) in [5.74, 6) is 0.198. The Hall–Kier alpha value is -1.95. The van der Waals surface area contributed by atoms with Gasteiger partial charge in [0.15, 0.2) is 11.5 Å². The minimum Gasteiger partial charge on any atom is -0.329 e. The molecule has 6 nitrogen and oxygen atoms in total. The highest BCUT2D eigenvalue weighted by atomic mass is 127. The molecule has 32 heavy (non-hydrogen) atoms. The van der Waals surface area contributed by atoms with Crippen molar-refractivity contribution in [1.82, 2.24) is 19.9 Å². The van der Waals surface area contributed by atoms with Gasteiger partial charge in [-0.05, 0) is 31.0 Å². The monoisotopic (exact) mass is 582 g/mol. The zero-order valence-corrected chi connectivity index (χ0v) is 19.7. The van der Waals surface area contributed by atoms with Crippen LogP contribution in [0, 0.1) is 0 Å². The third-order valence-corrected chi connectivity index (χ3v) is 6.14. The largest absolute Gasteiger partial charge is 0.408 e. The molecule has 0 saturated carbocycles. The number of fused-ring (bicyclic) bond motifs is 1. The number of nitrogens with zero attached hydrogens (tertiary/aromatic N) is 6. The lowest BCUT2D eigenvalue weighted by molar-refractivity contribution is -0.146. The number of hydrogen-bond acceptors (Lipinski definition) is 6. The van der Waals surface area contributed by atoms with Gasteiger partial charge in [-0.1, -0.05) is 15.3 Å². The Morgan fingerprint density at radius 3 is 2.53 bits per heavy atom. The smallest absolute Gasteiger partial charge is 0.329 e. The molecule has 0 aromatic carbocycles. The standard InChI is InChI=1S/C19H17F5IN6P/c20-18(21,22)13-6-3-9-30(13)17-28-15-12(5-2-8-27-15)16(29-17)31(25)10-11-4-1-7-26-14(11)19(23,24)32/h1-2,4-5,7-8,13H,3,6,9-10,32H2. The fourth-order valence-corrected chi connectivity index (χ4v) is 4.68. The molecule has 170 valence electrons. The van der Waals surface area contributed by atoms with Crippen molar-refractivity contribution in [3.8, 4) is 0 Å².